The first-order valence-corrected chi connectivity index (χ1v) is 5.10. The van der Waals surface area contributed by atoms with E-state index in [9.17, 15) is 14.7 Å². The van der Waals surface area contributed by atoms with Gasteiger partial charge in [0.25, 0.3) is 0 Å². The van der Waals surface area contributed by atoms with Gasteiger partial charge in [-0.05, 0) is 25.8 Å². The van der Waals surface area contributed by atoms with E-state index < -0.39 is 11.6 Å². The zero-order valence-electron chi connectivity index (χ0n) is 9.29. The maximum Gasteiger partial charge on any atom is 0.341 e. The van der Waals surface area contributed by atoms with Gasteiger partial charge in [-0.3, -0.25) is 4.79 Å². The lowest BCUT2D eigenvalue weighted by atomic mass is 9.95. The third-order valence-electron chi connectivity index (χ3n) is 2.57. The van der Waals surface area contributed by atoms with E-state index in [4.69, 9.17) is 4.74 Å². The van der Waals surface area contributed by atoms with Crippen molar-refractivity contribution in [1.82, 2.24) is 0 Å². The normalized spacial score (nSPS) is 26.0. The summed E-state index contributed by atoms with van der Waals surface area (Å²) in [6.07, 6.45) is 0.456. The molecule has 0 amide bonds. The molecule has 0 aromatic carbocycles. The van der Waals surface area contributed by atoms with Gasteiger partial charge in [-0.15, -0.1) is 0 Å². The van der Waals surface area contributed by atoms with Crippen LogP contribution >= 0.6 is 0 Å². The maximum atomic E-state index is 11.6. The second-order valence-corrected chi connectivity index (χ2v) is 3.80. The van der Waals surface area contributed by atoms with Crippen molar-refractivity contribution >= 4 is 11.8 Å². The van der Waals surface area contributed by atoms with Crippen molar-refractivity contribution < 1.29 is 19.4 Å². The van der Waals surface area contributed by atoms with Gasteiger partial charge in [-0.1, -0.05) is 6.92 Å². The molecule has 0 aliphatic heterocycles. The molecular formula is C11H16O4. The van der Waals surface area contributed by atoms with Gasteiger partial charge in [0.05, 0.1) is 12.2 Å². The Bertz CT molecular complexity index is 325. The molecule has 1 aliphatic rings. The molecule has 1 N–H and O–H groups in total. The Morgan fingerprint density at radius 2 is 2.13 bits per heavy atom. The van der Waals surface area contributed by atoms with Crippen LogP contribution in [0.25, 0.3) is 0 Å². The number of esters is 1. The summed E-state index contributed by atoms with van der Waals surface area (Å²) >= 11 is 0. The number of carbonyl (C=O) groups is 2. The lowest BCUT2D eigenvalue weighted by Crippen LogP contribution is -2.23. The minimum absolute atomic E-state index is 0.0235. The first-order valence-electron chi connectivity index (χ1n) is 5.10. The van der Waals surface area contributed by atoms with Gasteiger partial charge in [-0.2, -0.15) is 0 Å². The van der Waals surface area contributed by atoms with E-state index in [-0.39, 0.29) is 24.4 Å². The molecule has 0 heterocycles. The summed E-state index contributed by atoms with van der Waals surface area (Å²) in [6, 6.07) is 0. The molecule has 0 saturated carbocycles. The van der Waals surface area contributed by atoms with Crippen LogP contribution in [0.2, 0.25) is 0 Å². The second-order valence-electron chi connectivity index (χ2n) is 3.80. The summed E-state index contributed by atoms with van der Waals surface area (Å²) in [4.78, 5) is 23.1. The largest absolute Gasteiger partial charge is 0.462 e. The van der Waals surface area contributed by atoms with Crippen LogP contribution in [0.5, 0.6) is 0 Å². The Labute approximate surface area is 88.9 Å². The number of ether oxygens (including phenoxy) is 1. The van der Waals surface area contributed by atoms with Crippen molar-refractivity contribution in [2.24, 2.45) is 0 Å². The predicted octanol–water partition coefficient (Wildman–Crippen LogP) is 0.980. The van der Waals surface area contributed by atoms with Gasteiger partial charge in [0.1, 0.15) is 5.57 Å². The van der Waals surface area contributed by atoms with Gasteiger partial charge < -0.3 is 9.84 Å². The predicted molar refractivity (Wildman–Crippen MR) is 54.2 cm³/mol. The third kappa shape index (κ3) is 2.09. The topological polar surface area (TPSA) is 63.6 Å². The molecule has 4 nitrogen and oxygen atoms in total. The van der Waals surface area contributed by atoms with E-state index in [0.717, 1.165) is 0 Å². The van der Waals surface area contributed by atoms with Crippen LogP contribution < -0.4 is 0 Å². The highest BCUT2D eigenvalue weighted by atomic mass is 16.5. The van der Waals surface area contributed by atoms with Gasteiger partial charge in [0, 0.05) is 6.42 Å². The fourth-order valence-corrected chi connectivity index (χ4v) is 1.94. The van der Waals surface area contributed by atoms with Gasteiger partial charge >= 0.3 is 5.97 Å². The number of hydrogen-bond donors (Lipinski definition) is 1. The van der Waals surface area contributed by atoms with E-state index in [2.05, 4.69) is 0 Å². The average molecular weight is 212 g/mol. The molecule has 4 heteroatoms. The Morgan fingerprint density at radius 1 is 1.53 bits per heavy atom. The molecule has 0 saturated heterocycles. The summed E-state index contributed by atoms with van der Waals surface area (Å²) < 4.78 is 4.79. The molecule has 15 heavy (non-hydrogen) atoms. The SMILES string of the molecule is CCOC(=O)C1=C(CC)[C@@](C)(O)CC1=O. The van der Waals surface area contributed by atoms with E-state index >= 15 is 0 Å². The van der Waals surface area contributed by atoms with Crippen molar-refractivity contribution in [3.63, 3.8) is 0 Å². The highest BCUT2D eigenvalue weighted by Gasteiger charge is 2.42. The second kappa shape index (κ2) is 4.14. The summed E-state index contributed by atoms with van der Waals surface area (Å²) in [5.41, 5.74) is -0.649. The van der Waals surface area contributed by atoms with E-state index in [1.807, 2.05) is 6.92 Å². The third-order valence-corrected chi connectivity index (χ3v) is 2.57. The van der Waals surface area contributed by atoms with Crippen LogP contribution in [0.1, 0.15) is 33.6 Å². The summed E-state index contributed by atoms with van der Waals surface area (Å²) in [5, 5.41) is 9.93. The number of Topliss-reactive ketones (excluding diaryl/α,β-unsaturated/α-hetero) is 1. The van der Waals surface area contributed by atoms with Crippen molar-refractivity contribution in [3.05, 3.63) is 11.1 Å². The molecule has 0 spiro atoms. The zero-order chi connectivity index (χ0) is 11.6. The standard InChI is InChI=1S/C11H16O4/c1-4-7-9(10(13)15-5-2)8(12)6-11(7,3)14/h14H,4-6H2,1-3H3/t11-/m0/s1. The molecule has 1 atom stereocenters. The molecule has 0 aromatic rings. The number of aliphatic hydroxyl groups is 1. The lowest BCUT2D eigenvalue weighted by Gasteiger charge is -2.18. The van der Waals surface area contributed by atoms with Gasteiger partial charge in [-0.25, -0.2) is 4.79 Å². The molecule has 1 aliphatic carbocycles. The number of rotatable bonds is 3. The first-order chi connectivity index (χ1) is 6.94. The molecule has 0 radical (unpaired) electrons. The van der Waals surface area contributed by atoms with Gasteiger partial charge in [0.15, 0.2) is 5.78 Å². The van der Waals surface area contributed by atoms with Crippen LogP contribution in [0.4, 0.5) is 0 Å². The first kappa shape index (κ1) is 11.9. The van der Waals surface area contributed by atoms with E-state index in [1.165, 1.54) is 0 Å². The van der Waals surface area contributed by atoms with Crippen LogP contribution in [-0.4, -0.2) is 29.1 Å². The maximum absolute atomic E-state index is 11.6. The monoisotopic (exact) mass is 212 g/mol. The fourth-order valence-electron chi connectivity index (χ4n) is 1.94. The molecule has 0 fully saturated rings. The van der Waals surface area contributed by atoms with Gasteiger partial charge in [0.2, 0.25) is 0 Å². The molecule has 84 valence electrons. The van der Waals surface area contributed by atoms with E-state index in [0.29, 0.717) is 12.0 Å². The summed E-state index contributed by atoms with van der Waals surface area (Å²) in [5.74, 6) is -0.938. The highest BCUT2D eigenvalue weighted by Crippen LogP contribution is 2.35. The van der Waals surface area contributed by atoms with Crippen molar-refractivity contribution in [3.8, 4) is 0 Å². The summed E-state index contributed by atoms with van der Waals surface area (Å²) in [7, 11) is 0. The number of hydrogen-bond acceptors (Lipinski definition) is 4. The van der Waals surface area contributed by atoms with Crippen LogP contribution in [0.15, 0.2) is 11.1 Å². The van der Waals surface area contributed by atoms with Crippen molar-refractivity contribution in [2.75, 3.05) is 6.61 Å². The van der Waals surface area contributed by atoms with Crippen molar-refractivity contribution in [1.29, 1.82) is 0 Å². The Balaban J connectivity index is 3.10. The molecule has 0 unspecified atom stereocenters. The van der Waals surface area contributed by atoms with E-state index in [1.54, 1.807) is 13.8 Å². The number of carbonyl (C=O) groups excluding carboxylic acids is 2. The Hall–Kier alpha value is -1.16. The summed E-state index contributed by atoms with van der Waals surface area (Å²) in [6.45, 7) is 5.27. The Morgan fingerprint density at radius 3 is 2.60 bits per heavy atom. The number of ketones is 1. The minimum Gasteiger partial charge on any atom is -0.462 e. The molecule has 0 bridgehead atoms. The van der Waals surface area contributed by atoms with Crippen LogP contribution in [0, 0.1) is 0 Å². The van der Waals surface area contributed by atoms with Crippen molar-refractivity contribution in [2.45, 2.75) is 39.2 Å². The fraction of sp³-hybridized carbons (Fsp3) is 0.636. The highest BCUT2D eigenvalue weighted by molar-refractivity contribution is 6.20. The lowest BCUT2D eigenvalue weighted by molar-refractivity contribution is -0.139. The molecule has 0 aromatic heterocycles. The average Bonchev–Trinajstić information content (AvgIpc) is 2.35. The minimum atomic E-state index is -1.19. The molecular weight excluding hydrogens is 196 g/mol. The molecule has 1 rings (SSSR count). The van der Waals surface area contributed by atoms with Crippen LogP contribution in [0.3, 0.4) is 0 Å². The Kier molecular flexibility index (Phi) is 3.29. The van der Waals surface area contributed by atoms with Crippen LogP contribution in [-0.2, 0) is 14.3 Å². The smallest absolute Gasteiger partial charge is 0.341 e. The quantitative estimate of drug-likeness (QED) is 0.559. The zero-order valence-corrected chi connectivity index (χ0v) is 9.29.